The van der Waals surface area contributed by atoms with Gasteiger partial charge in [-0.3, -0.25) is 10.2 Å². The summed E-state index contributed by atoms with van der Waals surface area (Å²) in [6.45, 7) is 3.81. The van der Waals surface area contributed by atoms with Gasteiger partial charge in [0.2, 0.25) is 5.91 Å². The summed E-state index contributed by atoms with van der Waals surface area (Å²) >= 11 is 0. The van der Waals surface area contributed by atoms with Crippen LogP contribution >= 0.6 is 0 Å². The number of aromatic nitrogens is 2. The predicted molar refractivity (Wildman–Crippen MR) is 124 cm³/mol. The van der Waals surface area contributed by atoms with E-state index in [4.69, 9.17) is 11.1 Å². The van der Waals surface area contributed by atoms with E-state index >= 15 is 0 Å². The number of amides is 1. The summed E-state index contributed by atoms with van der Waals surface area (Å²) in [5, 5.41) is 5.65. The first-order valence-electron chi connectivity index (χ1n) is 10.8. The van der Waals surface area contributed by atoms with Crippen LogP contribution in [0.3, 0.4) is 0 Å². The van der Waals surface area contributed by atoms with Crippen molar-refractivity contribution in [3.63, 3.8) is 0 Å². The number of aryl methyl sites for hydroxylation is 1. The average molecular weight is 417 g/mol. The van der Waals surface area contributed by atoms with Gasteiger partial charge in [-0.05, 0) is 48.9 Å². The number of allylic oxidation sites excluding steroid dienone is 1. The minimum absolute atomic E-state index is 0.248. The molecule has 2 heterocycles. The quantitative estimate of drug-likeness (QED) is 0.578. The van der Waals surface area contributed by atoms with Crippen LogP contribution in [0.5, 0.6) is 0 Å². The number of carbonyl (C=O) groups excluding carboxylic acids is 1. The summed E-state index contributed by atoms with van der Waals surface area (Å²) in [5.41, 5.74) is 10.6. The molecule has 1 aliphatic heterocycles. The zero-order valence-corrected chi connectivity index (χ0v) is 17.9. The molecule has 0 bridgehead atoms. The van der Waals surface area contributed by atoms with Gasteiger partial charge >= 0.3 is 0 Å². The second kappa shape index (κ2) is 9.16. The molecule has 1 fully saturated rings. The van der Waals surface area contributed by atoms with Crippen molar-refractivity contribution >= 4 is 28.7 Å². The molecule has 160 valence electrons. The molecule has 0 spiro atoms. The number of nitrogens with zero attached hydrogens (tertiary/aromatic N) is 3. The van der Waals surface area contributed by atoms with E-state index in [-0.39, 0.29) is 11.9 Å². The maximum absolute atomic E-state index is 12.8. The Hall–Kier alpha value is -3.41. The number of nitrogens with two attached hydrogens (primary N) is 2. The number of benzene rings is 2. The average Bonchev–Trinajstić information content (AvgIpc) is 3.36. The Kier molecular flexibility index (Phi) is 6.16. The molecule has 2 unspecified atom stereocenters. The van der Waals surface area contributed by atoms with E-state index in [9.17, 15) is 4.79 Å². The van der Waals surface area contributed by atoms with Crippen LogP contribution in [0.1, 0.15) is 30.9 Å². The molecular weight excluding hydrogens is 386 g/mol. The van der Waals surface area contributed by atoms with E-state index in [2.05, 4.69) is 39.6 Å². The summed E-state index contributed by atoms with van der Waals surface area (Å²) < 4.78 is 2.19. The first-order chi connectivity index (χ1) is 15.1. The highest BCUT2D eigenvalue weighted by atomic mass is 16.2. The molecule has 2 atom stereocenters. The van der Waals surface area contributed by atoms with Crippen LogP contribution in [-0.4, -0.2) is 39.2 Å². The summed E-state index contributed by atoms with van der Waals surface area (Å²) in [6, 6.07) is 16.6. The largest absolute Gasteiger partial charge is 0.404 e. The number of imidazole rings is 1. The molecule has 6 heteroatoms. The normalized spacial score (nSPS) is 19.1. The molecule has 4 rings (SSSR count). The first-order valence-corrected chi connectivity index (χ1v) is 10.8. The Bertz CT molecular complexity index is 1100. The van der Waals surface area contributed by atoms with Gasteiger partial charge in [0.05, 0.1) is 22.9 Å². The zero-order valence-electron chi connectivity index (χ0n) is 17.9. The number of likely N-dealkylation sites (tertiary alicyclic amines) is 1. The maximum Gasteiger partial charge on any atom is 0.223 e. The minimum Gasteiger partial charge on any atom is -0.404 e. The van der Waals surface area contributed by atoms with E-state index in [1.165, 1.54) is 18.0 Å². The summed E-state index contributed by atoms with van der Waals surface area (Å²) in [5.74, 6) is 0.669. The van der Waals surface area contributed by atoms with E-state index < -0.39 is 0 Å². The van der Waals surface area contributed by atoms with Gasteiger partial charge in [-0.1, -0.05) is 36.4 Å². The van der Waals surface area contributed by atoms with Crippen LogP contribution in [-0.2, 0) is 17.8 Å². The van der Waals surface area contributed by atoms with Crippen molar-refractivity contribution in [3.05, 3.63) is 72.2 Å². The Morgan fingerprint density at radius 2 is 2.06 bits per heavy atom. The van der Waals surface area contributed by atoms with Crippen molar-refractivity contribution in [2.75, 3.05) is 6.54 Å². The van der Waals surface area contributed by atoms with Gasteiger partial charge < -0.3 is 15.2 Å². The lowest BCUT2D eigenvalue weighted by Crippen LogP contribution is -2.34. The van der Waals surface area contributed by atoms with Crippen molar-refractivity contribution in [2.24, 2.45) is 11.7 Å². The fourth-order valence-electron chi connectivity index (χ4n) is 4.58. The smallest absolute Gasteiger partial charge is 0.223 e. The Balaban J connectivity index is 1.40. The number of hydrogen-bond donors (Lipinski definition) is 2. The van der Waals surface area contributed by atoms with Crippen LogP contribution in [0, 0.1) is 5.92 Å². The third-order valence-electron chi connectivity index (χ3n) is 6.22. The van der Waals surface area contributed by atoms with E-state index in [1.54, 1.807) is 0 Å². The molecule has 1 amide bonds. The Morgan fingerprint density at radius 3 is 2.81 bits per heavy atom. The molecule has 2 aromatic carbocycles. The van der Waals surface area contributed by atoms with E-state index in [1.807, 2.05) is 36.7 Å². The van der Waals surface area contributed by atoms with Gasteiger partial charge in [0.15, 0.2) is 6.21 Å². The van der Waals surface area contributed by atoms with Crippen molar-refractivity contribution in [1.82, 2.24) is 14.5 Å². The standard InChI is InChI=1S/C25H29N5O/c1-18-11-20(16-30(18)25(31)10-7-19-5-3-2-4-6-19)15-29-17-28-23-12-21(8-9-24(23)29)22(13-26)14-27/h2-6,8-9,12-14,17-18,20,26H,7,10-11,15-16,27H2,1H3/p+1/b22-14+,26-13?. The lowest BCUT2D eigenvalue weighted by Gasteiger charge is -2.21. The van der Waals surface area contributed by atoms with E-state index in [0.717, 1.165) is 48.1 Å². The van der Waals surface area contributed by atoms with Gasteiger partial charge in [0, 0.05) is 31.8 Å². The van der Waals surface area contributed by atoms with Crippen molar-refractivity contribution in [1.29, 1.82) is 0 Å². The molecule has 1 saturated heterocycles. The third kappa shape index (κ3) is 4.53. The maximum atomic E-state index is 12.8. The third-order valence-corrected chi connectivity index (χ3v) is 6.22. The molecule has 0 aliphatic carbocycles. The Labute approximate surface area is 182 Å². The second-order valence-corrected chi connectivity index (χ2v) is 8.37. The van der Waals surface area contributed by atoms with Crippen LogP contribution < -0.4 is 11.1 Å². The molecule has 1 aliphatic rings. The predicted octanol–water partition coefficient (Wildman–Crippen LogP) is 2.04. The van der Waals surface area contributed by atoms with Crippen molar-refractivity contribution < 1.29 is 10.2 Å². The number of hydrogen-bond acceptors (Lipinski definition) is 3. The molecule has 4 N–H and O–H groups in total. The number of carbonyl (C=O) groups is 1. The highest BCUT2D eigenvalue weighted by molar-refractivity contribution is 6.07. The van der Waals surface area contributed by atoms with Crippen molar-refractivity contribution in [2.45, 2.75) is 38.8 Å². The van der Waals surface area contributed by atoms with E-state index in [0.29, 0.717) is 12.3 Å². The number of rotatable bonds is 7. The monoisotopic (exact) mass is 416 g/mol. The molecule has 1 aromatic heterocycles. The molecule has 6 nitrogen and oxygen atoms in total. The molecule has 0 radical (unpaired) electrons. The van der Waals surface area contributed by atoms with Gasteiger partial charge in [0.25, 0.3) is 0 Å². The topological polar surface area (TPSA) is 89.7 Å². The summed E-state index contributed by atoms with van der Waals surface area (Å²) in [7, 11) is 0. The lowest BCUT2D eigenvalue weighted by atomic mass is 10.1. The van der Waals surface area contributed by atoms with Crippen LogP contribution in [0.2, 0.25) is 0 Å². The summed E-state index contributed by atoms with van der Waals surface area (Å²) in [6.07, 6.45) is 7.26. The first kappa shape index (κ1) is 20.8. The van der Waals surface area contributed by atoms with Crippen molar-refractivity contribution in [3.8, 4) is 0 Å². The summed E-state index contributed by atoms with van der Waals surface area (Å²) in [4.78, 5) is 19.4. The molecule has 0 saturated carbocycles. The lowest BCUT2D eigenvalue weighted by molar-refractivity contribution is -0.131. The van der Waals surface area contributed by atoms with Gasteiger partial charge in [0.1, 0.15) is 0 Å². The molecular formula is C25H30N5O+. The Morgan fingerprint density at radius 1 is 1.26 bits per heavy atom. The van der Waals surface area contributed by atoms with Crippen LogP contribution in [0.15, 0.2) is 61.1 Å². The zero-order chi connectivity index (χ0) is 21.8. The SMILES string of the molecule is CC1CC(Cn2cnc3cc(/C(C=[NH2+])=C/N)ccc32)CN1C(=O)CCc1ccccc1. The highest BCUT2D eigenvalue weighted by Gasteiger charge is 2.32. The second-order valence-electron chi connectivity index (χ2n) is 8.37. The fraction of sp³-hybridized carbons (Fsp3) is 0.320. The van der Waals surface area contributed by atoms with Gasteiger partial charge in [-0.25, -0.2) is 4.98 Å². The molecule has 3 aromatic rings. The van der Waals surface area contributed by atoms with Crippen LogP contribution in [0.4, 0.5) is 0 Å². The number of fused-ring (bicyclic) bond motifs is 1. The highest BCUT2D eigenvalue weighted by Crippen LogP contribution is 2.27. The minimum atomic E-state index is 0.248. The van der Waals surface area contributed by atoms with Crippen LogP contribution in [0.25, 0.3) is 16.6 Å². The molecule has 31 heavy (non-hydrogen) atoms. The fourth-order valence-corrected chi connectivity index (χ4v) is 4.58. The van der Waals surface area contributed by atoms with Gasteiger partial charge in [-0.2, -0.15) is 0 Å². The van der Waals surface area contributed by atoms with Gasteiger partial charge in [-0.15, -0.1) is 0 Å².